The molecule has 0 spiro atoms. The van der Waals surface area contributed by atoms with Crippen molar-refractivity contribution in [1.29, 1.82) is 0 Å². The lowest BCUT2D eigenvalue weighted by molar-refractivity contribution is 0.157. The fourth-order valence-electron chi connectivity index (χ4n) is 2.69. The first kappa shape index (κ1) is 14.4. The van der Waals surface area contributed by atoms with Crippen molar-refractivity contribution in [1.82, 2.24) is 5.32 Å². The zero-order valence-corrected chi connectivity index (χ0v) is 12.2. The summed E-state index contributed by atoms with van der Waals surface area (Å²) >= 11 is 0. The molecule has 19 heavy (non-hydrogen) atoms. The average Bonchev–Trinajstić information content (AvgIpc) is 2.86. The van der Waals surface area contributed by atoms with Crippen molar-refractivity contribution in [2.75, 3.05) is 20.3 Å². The lowest BCUT2D eigenvalue weighted by Crippen LogP contribution is -2.35. The van der Waals surface area contributed by atoms with Crippen LogP contribution in [0.5, 0.6) is 5.75 Å². The number of hydrogen-bond acceptors (Lipinski definition) is 3. The largest absolute Gasteiger partial charge is 0.493 e. The number of ether oxygens (including phenoxy) is 2. The summed E-state index contributed by atoms with van der Waals surface area (Å²) in [6.45, 7) is 6.02. The lowest BCUT2D eigenvalue weighted by Gasteiger charge is -2.23. The van der Waals surface area contributed by atoms with Crippen LogP contribution in [0.1, 0.15) is 43.9 Å². The Morgan fingerprint density at radius 1 is 1.42 bits per heavy atom. The molecule has 0 amide bonds. The molecule has 0 saturated heterocycles. The van der Waals surface area contributed by atoms with Gasteiger partial charge in [-0.1, -0.05) is 25.5 Å². The summed E-state index contributed by atoms with van der Waals surface area (Å²) in [5.41, 5.74) is 2.67. The molecule has 0 saturated carbocycles. The maximum Gasteiger partial charge on any atom is 0.122 e. The molecular formula is C16H25NO2. The summed E-state index contributed by atoms with van der Waals surface area (Å²) in [5.74, 6) is 1.05. The molecule has 3 nitrogen and oxygen atoms in total. The minimum atomic E-state index is 0.345. The van der Waals surface area contributed by atoms with Gasteiger partial charge in [0.1, 0.15) is 5.75 Å². The second-order valence-electron chi connectivity index (χ2n) is 5.29. The van der Waals surface area contributed by atoms with E-state index in [9.17, 15) is 0 Å². The average molecular weight is 263 g/mol. The Labute approximate surface area is 116 Å². The molecule has 3 heteroatoms. The molecule has 1 aromatic rings. The molecule has 2 atom stereocenters. The number of nitrogens with one attached hydrogen (secondary N) is 1. The molecule has 1 N–H and O–H groups in total. The molecule has 1 aromatic carbocycles. The molecule has 2 unspecified atom stereocenters. The third-order valence-electron chi connectivity index (χ3n) is 3.70. The number of methoxy groups -OCH3 is 1. The van der Waals surface area contributed by atoms with Crippen LogP contribution in [0.4, 0.5) is 0 Å². The maximum atomic E-state index is 5.55. The van der Waals surface area contributed by atoms with Crippen molar-refractivity contribution in [3.05, 3.63) is 29.3 Å². The second kappa shape index (κ2) is 6.92. The number of benzene rings is 1. The van der Waals surface area contributed by atoms with E-state index < -0.39 is 0 Å². The summed E-state index contributed by atoms with van der Waals surface area (Å²) in [4.78, 5) is 0. The van der Waals surface area contributed by atoms with Crippen LogP contribution in [-0.2, 0) is 11.2 Å². The standard InChI is InChI=1S/C16H25NO2/c1-4-5-15(11-18-3)17-12(2)13-6-7-16-14(10-13)8-9-19-16/h6-7,10,12,15,17H,4-5,8-9,11H2,1-3H3. The highest BCUT2D eigenvalue weighted by Crippen LogP contribution is 2.28. The van der Waals surface area contributed by atoms with Crippen molar-refractivity contribution >= 4 is 0 Å². The first-order valence-electron chi connectivity index (χ1n) is 7.25. The van der Waals surface area contributed by atoms with Gasteiger partial charge in [0.15, 0.2) is 0 Å². The van der Waals surface area contributed by atoms with Crippen LogP contribution in [0.3, 0.4) is 0 Å². The van der Waals surface area contributed by atoms with Gasteiger partial charge in [0.2, 0.25) is 0 Å². The van der Waals surface area contributed by atoms with E-state index in [4.69, 9.17) is 9.47 Å². The van der Waals surface area contributed by atoms with Crippen LogP contribution >= 0.6 is 0 Å². The van der Waals surface area contributed by atoms with E-state index in [1.165, 1.54) is 17.5 Å². The van der Waals surface area contributed by atoms with Gasteiger partial charge in [-0.25, -0.2) is 0 Å². The lowest BCUT2D eigenvalue weighted by atomic mass is 10.0. The zero-order chi connectivity index (χ0) is 13.7. The Morgan fingerprint density at radius 3 is 3.00 bits per heavy atom. The molecule has 1 aliphatic rings. The minimum Gasteiger partial charge on any atom is -0.493 e. The molecule has 0 bridgehead atoms. The SMILES string of the molecule is CCCC(COC)NC(C)c1ccc2c(c1)CCO2. The Kier molecular flexibility index (Phi) is 5.23. The number of rotatable bonds is 7. The van der Waals surface area contributed by atoms with Crippen molar-refractivity contribution in [3.8, 4) is 5.75 Å². The van der Waals surface area contributed by atoms with E-state index in [0.717, 1.165) is 31.8 Å². The number of hydrogen-bond donors (Lipinski definition) is 1. The van der Waals surface area contributed by atoms with Gasteiger partial charge in [-0.3, -0.25) is 0 Å². The quantitative estimate of drug-likeness (QED) is 0.820. The van der Waals surface area contributed by atoms with E-state index >= 15 is 0 Å². The van der Waals surface area contributed by atoms with Gasteiger partial charge < -0.3 is 14.8 Å². The molecule has 0 radical (unpaired) electrons. The van der Waals surface area contributed by atoms with E-state index in [0.29, 0.717) is 12.1 Å². The fraction of sp³-hybridized carbons (Fsp3) is 0.625. The summed E-state index contributed by atoms with van der Waals surface area (Å²) in [7, 11) is 1.77. The van der Waals surface area contributed by atoms with E-state index in [1.807, 2.05) is 0 Å². The summed E-state index contributed by atoms with van der Waals surface area (Å²) in [6.07, 6.45) is 3.35. The highest BCUT2D eigenvalue weighted by atomic mass is 16.5. The highest BCUT2D eigenvalue weighted by molar-refractivity contribution is 5.40. The van der Waals surface area contributed by atoms with Crippen LogP contribution in [0, 0.1) is 0 Å². The smallest absolute Gasteiger partial charge is 0.122 e. The maximum absolute atomic E-state index is 5.55. The minimum absolute atomic E-state index is 0.345. The van der Waals surface area contributed by atoms with Gasteiger partial charge in [-0.05, 0) is 30.5 Å². The van der Waals surface area contributed by atoms with Crippen molar-refractivity contribution in [2.45, 2.75) is 45.2 Å². The zero-order valence-electron chi connectivity index (χ0n) is 12.2. The molecule has 0 aliphatic carbocycles. The predicted molar refractivity (Wildman–Crippen MR) is 77.8 cm³/mol. The monoisotopic (exact) mass is 263 g/mol. The highest BCUT2D eigenvalue weighted by Gasteiger charge is 2.16. The second-order valence-corrected chi connectivity index (χ2v) is 5.29. The fourth-order valence-corrected chi connectivity index (χ4v) is 2.69. The van der Waals surface area contributed by atoms with E-state index in [2.05, 4.69) is 37.4 Å². The Morgan fingerprint density at radius 2 is 2.26 bits per heavy atom. The van der Waals surface area contributed by atoms with Gasteiger partial charge >= 0.3 is 0 Å². The van der Waals surface area contributed by atoms with Crippen molar-refractivity contribution in [2.24, 2.45) is 0 Å². The summed E-state index contributed by atoms with van der Waals surface area (Å²) in [6, 6.07) is 7.31. The molecule has 1 aliphatic heterocycles. The number of fused-ring (bicyclic) bond motifs is 1. The van der Waals surface area contributed by atoms with Crippen LogP contribution in [0.15, 0.2) is 18.2 Å². The van der Waals surface area contributed by atoms with E-state index in [1.54, 1.807) is 7.11 Å². The summed E-state index contributed by atoms with van der Waals surface area (Å²) < 4.78 is 10.8. The first-order chi connectivity index (χ1) is 9.24. The summed E-state index contributed by atoms with van der Waals surface area (Å²) in [5, 5.41) is 3.66. The Bertz CT molecular complexity index is 400. The van der Waals surface area contributed by atoms with E-state index in [-0.39, 0.29) is 0 Å². The Hall–Kier alpha value is -1.06. The third kappa shape index (κ3) is 3.71. The molecule has 2 rings (SSSR count). The van der Waals surface area contributed by atoms with Gasteiger partial charge in [0, 0.05) is 25.6 Å². The molecule has 1 heterocycles. The van der Waals surface area contributed by atoms with Crippen LogP contribution in [-0.4, -0.2) is 26.4 Å². The molecular weight excluding hydrogens is 238 g/mol. The van der Waals surface area contributed by atoms with Gasteiger partial charge in [0.05, 0.1) is 13.2 Å². The Balaban J connectivity index is 2.00. The topological polar surface area (TPSA) is 30.5 Å². The van der Waals surface area contributed by atoms with Gasteiger partial charge in [0.25, 0.3) is 0 Å². The van der Waals surface area contributed by atoms with Gasteiger partial charge in [-0.2, -0.15) is 0 Å². The van der Waals surface area contributed by atoms with Gasteiger partial charge in [-0.15, -0.1) is 0 Å². The van der Waals surface area contributed by atoms with Crippen LogP contribution in [0.2, 0.25) is 0 Å². The van der Waals surface area contributed by atoms with Crippen LogP contribution in [0.25, 0.3) is 0 Å². The molecule has 106 valence electrons. The molecule has 0 fully saturated rings. The van der Waals surface area contributed by atoms with Crippen LogP contribution < -0.4 is 10.1 Å². The molecule has 0 aromatic heterocycles. The third-order valence-corrected chi connectivity index (χ3v) is 3.70. The predicted octanol–water partition coefficient (Wildman–Crippen LogP) is 3.09. The first-order valence-corrected chi connectivity index (χ1v) is 7.25. The normalized spacial score (nSPS) is 16.8. The van der Waals surface area contributed by atoms with Crippen molar-refractivity contribution in [3.63, 3.8) is 0 Å². The van der Waals surface area contributed by atoms with Crippen molar-refractivity contribution < 1.29 is 9.47 Å².